The number of carbonyl (C=O) groups is 1. The summed E-state index contributed by atoms with van der Waals surface area (Å²) in [6.45, 7) is 11.8. The van der Waals surface area contributed by atoms with Crippen molar-refractivity contribution >= 4 is 6.41 Å². The molecule has 0 unspecified atom stereocenters. The fourth-order valence-corrected chi connectivity index (χ4v) is 1.17. The maximum Gasteiger partial charge on any atom is 0.292 e. The average molecular weight is 268 g/mol. The largest absolute Gasteiger partial charge is 0.323 e. The lowest BCUT2D eigenvalue weighted by molar-refractivity contribution is -0.420. The molecule has 0 heterocycles. The van der Waals surface area contributed by atoms with Gasteiger partial charge in [-0.15, -0.1) is 0 Å². The van der Waals surface area contributed by atoms with Crippen molar-refractivity contribution in [2.24, 2.45) is 5.41 Å². The molecule has 1 aliphatic carbocycles. The van der Waals surface area contributed by atoms with E-state index in [1.54, 1.807) is 18.2 Å². The molecule has 19 heavy (non-hydrogen) atoms. The van der Waals surface area contributed by atoms with Gasteiger partial charge in [-0.05, 0) is 6.08 Å². The van der Waals surface area contributed by atoms with E-state index in [4.69, 9.17) is 0 Å². The van der Waals surface area contributed by atoms with E-state index in [2.05, 4.69) is 5.32 Å². The molecule has 0 aliphatic heterocycles. The lowest BCUT2D eigenvalue weighted by Gasteiger charge is -2.11. The number of allylic oxidation sites excluding steroid dienone is 4. The smallest absolute Gasteiger partial charge is 0.292 e. The van der Waals surface area contributed by atoms with Crippen LogP contribution >= 0.6 is 0 Å². The van der Waals surface area contributed by atoms with Crippen LogP contribution in [0.15, 0.2) is 35.7 Å². The molecule has 5 heteroatoms. The van der Waals surface area contributed by atoms with Gasteiger partial charge < -0.3 is 5.32 Å². The van der Waals surface area contributed by atoms with Gasteiger partial charge >= 0.3 is 0 Å². The van der Waals surface area contributed by atoms with Crippen LogP contribution < -0.4 is 5.32 Å². The second-order valence-corrected chi connectivity index (χ2v) is 3.81. The highest BCUT2D eigenvalue weighted by Gasteiger charge is 2.20. The van der Waals surface area contributed by atoms with E-state index in [1.807, 2.05) is 41.5 Å². The predicted molar refractivity (Wildman–Crippen MR) is 78.0 cm³/mol. The molecule has 1 aliphatic rings. The van der Waals surface area contributed by atoms with Crippen molar-refractivity contribution < 1.29 is 9.72 Å². The Bertz CT molecular complexity index is 380. The molecule has 0 aromatic carbocycles. The van der Waals surface area contributed by atoms with Crippen molar-refractivity contribution in [3.63, 3.8) is 0 Å². The summed E-state index contributed by atoms with van der Waals surface area (Å²) in [6.07, 6.45) is 6.90. The van der Waals surface area contributed by atoms with Crippen LogP contribution in [0.3, 0.4) is 0 Å². The third-order valence-electron chi connectivity index (χ3n) is 2.04. The Morgan fingerprint density at radius 3 is 2.05 bits per heavy atom. The van der Waals surface area contributed by atoms with Crippen LogP contribution in [-0.4, -0.2) is 11.3 Å². The maximum atomic E-state index is 10.7. The molecule has 108 valence electrons. The monoisotopic (exact) mass is 268 g/mol. The highest BCUT2D eigenvalue weighted by molar-refractivity contribution is 5.53. The quantitative estimate of drug-likeness (QED) is 0.484. The second-order valence-electron chi connectivity index (χ2n) is 3.81. The zero-order valence-electron chi connectivity index (χ0n) is 12.6. The summed E-state index contributed by atoms with van der Waals surface area (Å²) in [6, 6.07) is 0. The minimum Gasteiger partial charge on any atom is -0.323 e. The van der Waals surface area contributed by atoms with Gasteiger partial charge in [-0.25, -0.2) is 0 Å². The van der Waals surface area contributed by atoms with Gasteiger partial charge in [0, 0.05) is 11.5 Å². The first-order valence-electron chi connectivity index (χ1n) is 6.43. The molecule has 1 amide bonds. The van der Waals surface area contributed by atoms with Gasteiger partial charge in [0.15, 0.2) is 0 Å². The third-order valence-corrected chi connectivity index (χ3v) is 2.04. The third kappa shape index (κ3) is 7.18. The zero-order chi connectivity index (χ0) is 15.5. The van der Waals surface area contributed by atoms with E-state index in [0.29, 0.717) is 6.41 Å². The lowest BCUT2D eigenvalue weighted by atomic mass is 9.93. The van der Waals surface area contributed by atoms with E-state index in [0.717, 1.165) is 0 Å². The van der Waals surface area contributed by atoms with Crippen LogP contribution in [0.4, 0.5) is 0 Å². The minimum atomic E-state index is -0.520. The number of nitrogens with one attached hydrogen (secondary N) is 1. The number of nitro groups is 1. The van der Waals surface area contributed by atoms with Gasteiger partial charge in [0.1, 0.15) is 5.70 Å². The van der Waals surface area contributed by atoms with Crippen molar-refractivity contribution in [3.8, 4) is 0 Å². The van der Waals surface area contributed by atoms with Crippen molar-refractivity contribution in [1.82, 2.24) is 5.32 Å². The standard InChI is InChI=1S/C10H12N2O3.2C2H6/c1-10(2)5-3-8(11-7-13)9(4-6-10)12(14)15;2*1-2/h3-7H,1-2H3,(H,11,13);2*1-2H3. The molecule has 0 fully saturated rings. The Morgan fingerprint density at radius 2 is 1.63 bits per heavy atom. The topological polar surface area (TPSA) is 72.2 Å². The molecule has 0 aromatic heterocycles. The molecule has 0 spiro atoms. The van der Waals surface area contributed by atoms with Crippen LogP contribution in [0.2, 0.25) is 0 Å². The fourth-order valence-electron chi connectivity index (χ4n) is 1.17. The average Bonchev–Trinajstić information content (AvgIpc) is 2.54. The summed E-state index contributed by atoms with van der Waals surface area (Å²) in [7, 11) is 0. The maximum absolute atomic E-state index is 10.7. The Balaban J connectivity index is 0. The number of rotatable bonds is 3. The van der Waals surface area contributed by atoms with Crippen LogP contribution in [0.5, 0.6) is 0 Å². The Hall–Kier alpha value is -1.91. The molecule has 0 bridgehead atoms. The molecular formula is C14H24N2O3. The van der Waals surface area contributed by atoms with Crippen molar-refractivity contribution in [3.05, 3.63) is 45.8 Å². The molecule has 0 aromatic rings. The summed E-state index contributed by atoms with van der Waals surface area (Å²) in [4.78, 5) is 20.5. The van der Waals surface area contributed by atoms with Crippen LogP contribution in [0.1, 0.15) is 41.5 Å². The minimum absolute atomic E-state index is 0.107. The van der Waals surface area contributed by atoms with Crippen LogP contribution in [0.25, 0.3) is 0 Å². The summed E-state index contributed by atoms with van der Waals surface area (Å²) < 4.78 is 0. The first-order chi connectivity index (χ1) is 8.96. The van der Waals surface area contributed by atoms with E-state index in [1.165, 1.54) is 6.08 Å². The van der Waals surface area contributed by atoms with Crippen LogP contribution in [0, 0.1) is 15.5 Å². The van der Waals surface area contributed by atoms with E-state index < -0.39 is 4.92 Å². The number of hydrogen-bond donors (Lipinski definition) is 1. The highest BCUT2D eigenvalue weighted by atomic mass is 16.6. The molecule has 5 nitrogen and oxygen atoms in total. The molecule has 1 rings (SSSR count). The van der Waals surface area contributed by atoms with E-state index in [-0.39, 0.29) is 16.8 Å². The first-order valence-corrected chi connectivity index (χ1v) is 6.43. The first kappa shape index (κ1) is 19.4. The van der Waals surface area contributed by atoms with Gasteiger partial charge in [-0.3, -0.25) is 14.9 Å². The molecule has 0 saturated heterocycles. The van der Waals surface area contributed by atoms with E-state index >= 15 is 0 Å². The molecule has 0 radical (unpaired) electrons. The van der Waals surface area contributed by atoms with E-state index in [9.17, 15) is 14.9 Å². The molecule has 1 N–H and O–H groups in total. The number of nitrogens with zero attached hydrogens (tertiary/aromatic N) is 1. The number of carbonyl (C=O) groups excluding carboxylic acids is 1. The Morgan fingerprint density at radius 1 is 1.16 bits per heavy atom. The summed E-state index contributed by atoms with van der Waals surface area (Å²) in [5.74, 6) is 0. The molecule has 0 saturated carbocycles. The molecule has 0 atom stereocenters. The number of hydrogen-bond acceptors (Lipinski definition) is 3. The SMILES string of the molecule is CC.CC.CC1(C)C=CC(NC=O)=C([N+](=O)[O-])C=C1. The normalized spacial score (nSPS) is 15.3. The van der Waals surface area contributed by atoms with Gasteiger partial charge in [0.05, 0.1) is 4.92 Å². The fraction of sp³-hybridized carbons (Fsp3) is 0.500. The summed E-state index contributed by atoms with van der Waals surface area (Å²) in [5.41, 5.74) is -0.158. The number of amides is 1. The Kier molecular flexibility index (Phi) is 10.3. The summed E-state index contributed by atoms with van der Waals surface area (Å²) in [5, 5.41) is 13.0. The van der Waals surface area contributed by atoms with Gasteiger partial charge in [0.25, 0.3) is 5.70 Å². The van der Waals surface area contributed by atoms with Gasteiger partial charge in [-0.1, -0.05) is 53.7 Å². The zero-order valence-corrected chi connectivity index (χ0v) is 12.6. The second kappa shape index (κ2) is 10.1. The Labute approximate surface area is 115 Å². The van der Waals surface area contributed by atoms with Crippen LogP contribution in [-0.2, 0) is 4.79 Å². The molecular weight excluding hydrogens is 244 g/mol. The van der Waals surface area contributed by atoms with Gasteiger partial charge in [0.2, 0.25) is 6.41 Å². The van der Waals surface area contributed by atoms with Crippen molar-refractivity contribution in [1.29, 1.82) is 0 Å². The van der Waals surface area contributed by atoms with Crippen molar-refractivity contribution in [2.75, 3.05) is 0 Å². The van der Waals surface area contributed by atoms with Gasteiger partial charge in [-0.2, -0.15) is 0 Å². The van der Waals surface area contributed by atoms with Crippen molar-refractivity contribution in [2.45, 2.75) is 41.5 Å². The lowest BCUT2D eigenvalue weighted by Crippen LogP contribution is -2.13. The predicted octanol–water partition coefficient (Wildman–Crippen LogP) is 3.43. The highest BCUT2D eigenvalue weighted by Crippen LogP contribution is 2.24. The summed E-state index contributed by atoms with van der Waals surface area (Å²) >= 11 is 0.